The van der Waals surface area contributed by atoms with Crippen molar-refractivity contribution in [1.29, 1.82) is 0 Å². The first-order valence-corrected chi connectivity index (χ1v) is 11.7. The molecule has 0 aliphatic carbocycles. The summed E-state index contributed by atoms with van der Waals surface area (Å²) in [6.45, 7) is 6.50. The number of ether oxygens (including phenoxy) is 2. The van der Waals surface area contributed by atoms with Gasteiger partial charge in [-0.25, -0.2) is 0 Å². The second-order valence-corrected chi connectivity index (χ2v) is 9.90. The summed E-state index contributed by atoms with van der Waals surface area (Å²) in [5, 5.41) is 0.716. The van der Waals surface area contributed by atoms with Crippen LogP contribution >= 0.6 is 11.6 Å². The van der Waals surface area contributed by atoms with Crippen LogP contribution in [0, 0.1) is 0 Å². The average molecular weight is 476 g/mol. The third-order valence-corrected chi connectivity index (χ3v) is 6.91. The van der Waals surface area contributed by atoms with Gasteiger partial charge in [0.25, 0.3) is 5.91 Å². The highest BCUT2D eigenvalue weighted by molar-refractivity contribution is 6.30. The molecule has 0 N–H and O–H groups in total. The molecule has 0 bridgehead atoms. The molecular formula is C29H30ClNO3. The Bertz CT molecular complexity index is 1230. The van der Waals surface area contributed by atoms with E-state index in [1.54, 1.807) is 20.3 Å². The van der Waals surface area contributed by atoms with Gasteiger partial charge in [-0.2, -0.15) is 0 Å². The van der Waals surface area contributed by atoms with E-state index in [0.717, 1.165) is 23.2 Å². The number of fused-ring (bicyclic) bond motifs is 1. The van der Waals surface area contributed by atoms with Gasteiger partial charge in [0.05, 0.1) is 14.2 Å². The summed E-state index contributed by atoms with van der Waals surface area (Å²) in [5.41, 5.74) is 3.43. The smallest absolute Gasteiger partial charge is 0.251 e. The van der Waals surface area contributed by atoms with E-state index in [4.69, 9.17) is 21.1 Å². The molecule has 176 valence electrons. The van der Waals surface area contributed by atoms with Crippen LogP contribution in [-0.4, -0.2) is 25.7 Å². The molecule has 0 saturated carbocycles. The maximum absolute atomic E-state index is 13.6. The van der Waals surface area contributed by atoms with Crippen molar-refractivity contribution in [3.8, 4) is 11.5 Å². The summed E-state index contributed by atoms with van der Waals surface area (Å²) >= 11 is 6.16. The Labute approximate surface area is 206 Å². The molecule has 0 aromatic heterocycles. The monoisotopic (exact) mass is 475 g/mol. The van der Waals surface area contributed by atoms with Gasteiger partial charge in [-0.3, -0.25) is 4.79 Å². The molecule has 1 aliphatic heterocycles. The summed E-state index contributed by atoms with van der Waals surface area (Å²) in [6.07, 6.45) is 4.22. The molecule has 0 fully saturated rings. The fourth-order valence-corrected chi connectivity index (χ4v) is 5.32. The Morgan fingerprint density at radius 3 is 2.29 bits per heavy atom. The molecule has 1 atom stereocenters. The van der Waals surface area contributed by atoms with Crippen molar-refractivity contribution in [2.24, 2.45) is 0 Å². The zero-order chi connectivity index (χ0) is 24.5. The number of carbonyl (C=O) groups is 1. The van der Waals surface area contributed by atoms with Gasteiger partial charge in [0.15, 0.2) is 11.5 Å². The van der Waals surface area contributed by atoms with Gasteiger partial charge >= 0.3 is 0 Å². The highest BCUT2D eigenvalue weighted by atomic mass is 35.5. The Kier molecular flexibility index (Phi) is 6.46. The summed E-state index contributed by atoms with van der Waals surface area (Å²) in [6, 6.07) is 21.8. The van der Waals surface area contributed by atoms with Crippen molar-refractivity contribution in [2.45, 2.75) is 38.1 Å². The topological polar surface area (TPSA) is 38.8 Å². The largest absolute Gasteiger partial charge is 0.493 e. The predicted octanol–water partition coefficient (Wildman–Crippen LogP) is 6.89. The Balaban J connectivity index is 1.72. The molecule has 0 radical (unpaired) electrons. The second-order valence-electron chi connectivity index (χ2n) is 9.47. The molecule has 3 aromatic rings. The van der Waals surface area contributed by atoms with Crippen LogP contribution < -0.4 is 14.4 Å². The molecule has 0 spiro atoms. The highest BCUT2D eigenvalue weighted by Gasteiger charge is 2.47. The lowest BCUT2D eigenvalue weighted by Gasteiger charge is -2.51. The molecule has 34 heavy (non-hydrogen) atoms. The number of halogens is 1. The fourth-order valence-electron chi connectivity index (χ4n) is 5.19. The standard InChI is InChI=1S/C29H30ClNO3/c1-28(2)19-29(3,21-12-14-22(30)15-13-21)23-8-6-7-9-24(23)31(28)27(32)17-11-20-10-16-25(33-4)26(18-20)34-5/h6-18H,19H2,1-5H3. The van der Waals surface area contributed by atoms with Crippen LogP contribution in [0.2, 0.25) is 5.02 Å². The Morgan fingerprint density at radius 2 is 1.62 bits per heavy atom. The van der Waals surface area contributed by atoms with Crippen LogP contribution in [0.4, 0.5) is 5.69 Å². The van der Waals surface area contributed by atoms with Gasteiger partial charge in [-0.1, -0.05) is 54.9 Å². The van der Waals surface area contributed by atoms with Gasteiger partial charge in [0.1, 0.15) is 0 Å². The molecule has 4 nitrogen and oxygen atoms in total. The van der Waals surface area contributed by atoms with Crippen LogP contribution in [-0.2, 0) is 10.2 Å². The highest BCUT2D eigenvalue weighted by Crippen LogP contribution is 2.50. The molecule has 1 amide bonds. The van der Waals surface area contributed by atoms with E-state index in [2.05, 4.69) is 39.0 Å². The lowest BCUT2D eigenvalue weighted by Crippen LogP contribution is -2.55. The summed E-state index contributed by atoms with van der Waals surface area (Å²) in [4.78, 5) is 15.5. The number of rotatable bonds is 5. The zero-order valence-electron chi connectivity index (χ0n) is 20.3. The van der Waals surface area contributed by atoms with Crippen LogP contribution in [0.5, 0.6) is 11.5 Å². The Morgan fingerprint density at radius 1 is 0.941 bits per heavy atom. The summed E-state index contributed by atoms with van der Waals surface area (Å²) in [5.74, 6) is 1.21. The van der Waals surface area contributed by atoms with Gasteiger partial charge < -0.3 is 14.4 Å². The van der Waals surface area contributed by atoms with E-state index >= 15 is 0 Å². The normalized spacial score (nSPS) is 19.1. The number of benzene rings is 3. The third kappa shape index (κ3) is 4.30. The van der Waals surface area contributed by atoms with E-state index in [0.29, 0.717) is 16.5 Å². The van der Waals surface area contributed by atoms with E-state index in [-0.39, 0.29) is 11.3 Å². The van der Waals surface area contributed by atoms with Crippen LogP contribution in [0.1, 0.15) is 43.9 Å². The van der Waals surface area contributed by atoms with E-state index in [1.807, 2.05) is 59.5 Å². The molecule has 3 aromatic carbocycles. The van der Waals surface area contributed by atoms with Crippen molar-refractivity contribution in [1.82, 2.24) is 0 Å². The molecular weight excluding hydrogens is 446 g/mol. The molecule has 1 aliphatic rings. The number of methoxy groups -OCH3 is 2. The van der Waals surface area contributed by atoms with Gasteiger partial charge in [-0.15, -0.1) is 0 Å². The van der Waals surface area contributed by atoms with Crippen molar-refractivity contribution in [3.63, 3.8) is 0 Å². The second kappa shape index (κ2) is 9.19. The van der Waals surface area contributed by atoms with Crippen LogP contribution in [0.3, 0.4) is 0 Å². The first kappa shape index (κ1) is 23.9. The lowest BCUT2D eigenvalue weighted by molar-refractivity contribution is -0.115. The maximum atomic E-state index is 13.6. The fraction of sp³-hybridized carbons (Fsp3) is 0.276. The maximum Gasteiger partial charge on any atom is 0.251 e. The summed E-state index contributed by atoms with van der Waals surface area (Å²) < 4.78 is 10.7. The molecule has 0 saturated heterocycles. The number of nitrogens with zero attached hydrogens (tertiary/aromatic N) is 1. The summed E-state index contributed by atoms with van der Waals surface area (Å²) in [7, 11) is 3.20. The van der Waals surface area contributed by atoms with Crippen molar-refractivity contribution < 1.29 is 14.3 Å². The van der Waals surface area contributed by atoms with E-state index in [1.165, 1.54) is 5.56 Å². The first-order chi connectivity index (χ1) is 16.2. The molecule has 1 heterocycles. The number of carbonyl (C=O) groups excluding carboxylic acids is 1. The van der Waals surface area contributed by atoms with Crippen LogP contribution in [0.15, 0.2) is 72.8 Å². The first-order valence-electron chi connectivity index (χ1n) is 11.3. The van der Waals surface area contributed by atoms with Crippen molar-refractivity contribution in [2.75, 3.05) is 19.1 Å². The average Bonchev–Trinajstić information content (AvgIpc) is 2.82. The number of anilines is 1. The Hall–Kier alpha value is -3.24. The lowest BCUT2D eigenvalue weighted by atomic mass is 9.65. The van der Waals surface area contributed by atoms with Crippen LogP contribution in [0.25, 0.3) is 6.08 Å². The van der Waals surface area contributed by atoms with Gasteiger partial charge in [0.2, 0.25) is 0 Å². The number of hydrogen-bond acceptors (Lipinski definition) is 3. The minimum Gasteiger partial charge on any atom is -0.493 e. The molecule has 4 rings (SSSR count). The van der Waals surface area contributed by atoms with Gasteiger partial charge in [0, 0.05) is 27.7 Å². The third-order valence-electron chi connectivity index (χ3n) is 6.66. The number of para-hydroxylation sites is 1. The number of amides is 1. The minimum absolute atomic E-state index is 0.0645. The zero-order valence-corrected chi connectivity index (χ0v) is 21.0. The van der Waals surface area contributed by atoms with Gasteiger partial charge in [-0.05, 0) is 73.4 Å². The SMILES string of the molecule is COc1ccc(C=CC(=O)N2c3ccccc3C(C)(c3ccc(Cl)cc3)CC2(C)C)cc1OC. The quantitative estimate of drug-likeness (QED) is 0.377. The molecule has 5 heteroatoms. The number of hydrogen-bond donors (Lipinski definition) is 0. The van der Waals surface area contributed by atoms with Crippen molar-refractivity contribution in [3.05, 3.63) is 94.5 Å². The van der Waals surface area contributed by atoms with E-state index < -0.39 is 5.54 Å². The van der Waals surface area contributed by atoms with E-state index in [9.17, 15) is 4.79 Å². The predicted molar refractivity (Wildman–Crippen MR) is 139 cm³/mol. The molecule has 1 unspecified atom stereocenters. The van der Waals surface area contributed by atoms with Crippen molar-refractivity contribution >= 4 is 29.3 Å². The minimum atomic E-state index is -0.415.